The maximum atomic E-state index is 11.7. The maximum Gasteiger partial charge on any atom is 0.326 e. The van der Waals surface area contributed by atoms with E-state index in [1.807, 2.05) is 36.6 Å². The molecule has 0 spiro atoms. The third-order valence-electron chi connectivity index (χ3n) is 2.59. The van der Waals surface area contributed by atoms with E-state index in [9.17, 15) is 9.59 Å². The molecule has 0 fully saturated rings. The Labute approximate surface area is 127 Å². The Hall–Kier alpha value is -1.14. The fourth-order valence-corrected chi connectivity index (χ4v) is 2.84. The number of thioether (sulfide) groups is 2. The molecule has 2 N–H and O–H groups in total. The van der Waals surface area contributed by atoms with E-state index in [2.05, 4.69) is 5.32 Å². The third-order valence-corrected chi connectivity index (χ3v) is 4.24. The number of carboxylic acids is 1. The molecule has 6 heteroatoms. The molecule has 1 atom stereocenters. The molecule has 110 valence electrons. The molecule has 0 saturated carbocycles. The number of aliphatic carboxylic acids is 1. The first kappa shape index (κ1) is 16.9. The molecule has 1 aromatic rings. The van der Waals surface area contributed by atoms with Crippen molar-refractivity contribution in [3.05, 3.63) is 35.9 Å². The molecule has 0 aliphatic rings. The summed E-state index contributed by atoms with van der Waals surface area (Å²) in [6, 6.07) is 9.08. The zero-order chi connectivity index (χ0) is 14.8. The molecule has 0 aromatic heterocycles. The highest BCUT2D eigenvalue weighted by Gasteiger charge is 2.18. The lowest BCUT2D eigenvalue weighted by Crippen LogP contribution is -2.42. The van der Waals surface area contributed by atoms with E-state index in [0.29, 0.717) is 12.2 Å². The molecule has 0 bridgehead atoms. The number of nitrogens with one attached hydrogen (secondary N) is 1. The summed E-state index contributed by atoms with van der Waals surface area (Å²) in [5.74, 6) is 0.545. The van der Waals surface area contributed by atoms with Gasteiger partial charge in [0.25, 0.3) is 0 Å². The Morgan fingerprint density at radius 1 is 1.30 bits per heavy atom. The van der Waals surface area contributed by atoms with Gasteiger partial charge in [-0.15, -0.1) is 11.8 Å². The molecule has 0 aliphatic carbocycles. The minimum Gasteiger partial charge on any atom is -0.480 e. The Bertz CT molecular complexity index is 426. The Morgan fingerprint density at radius 3 is 2.60 bits per heavy atom. The van der Waals surface area contributed by atoms with Gasteiger partial charge in [0.15, 0.2) is 0 Å². The normalized spacial score (nSPS) is 11.8. The summed E-state index contributed by atoms with van der Waals surface area (Å²) < 4.78 is 0. The van der Waals surface area contributed by atoms with Crippen molar-refractivity contribution in [3.8, 4) is 0 Å². The molecule has 1 unspecified atom stereocenters. The summed E-state index contributed by atoms with van der Waals surface area (Å²) in [6.07, 6.45) is 2.36. The first-order valence-electron chi connectivity index (χ1n) is 6.26. The van der Waals surface area contributed by atoms with E-state index in [4.69, 9.17) is 5.11 Å². The van der Waals surface area contributed by atoms with Crippen LogP contribution in [0.2, 0.25) is 0 Å². The lowest BCUT2D eigenvalue weighted by atomic mass is 10.2. The predicted molar refractivity (Wildman–Crippen MR) is 85.2 cm³/mol. The molecule has 1 rings (SSSR count). The van der Waals surface area contributed by atoms with Crippen molar-refractivity contribution < 1.29 is 14.7 Å². The summed E-state index contributed by atoms with van der Waals surface area (Å²) >= 11 is 3.05. The van der Waals surface area contributed by atoms with Crippen molar-refractivity contribution in [2.45, 2.75) is 18.2 Å². The Kier molecular flexibility index (Phi) is 8.22. The minimum absolute atomic E-state index is 0.223. The Morgan fingerprint density at radius 2 is 2.00 bits per heavy atom. The molecule has 20 heavy (non-hydrogen) atoms. The number of rotatable bonds is 9. The fraction of sp³-hybridized carbons (Fsp3) is 0.429. The van der Waals surface area contributed by atoms with Gasteiger partial charge < -0.3 is 10.4 Å². The highest BCUT2D eigenvalue weighted by molar-refractivity contribution is 7.99. The average Bonchev–Trinajstić information content (AvgIpc) is 2.44. The summed E-state index contributed by atoms with van der Waals surface area (Å²) in [5.41, 5.74) is 1.16. The number of benzene rings is 1. The molecular weight excluding hydrogens is 294 g/mol. The lowest BCUT2D eigenvalue weighted by molar-refractivity contribution is -0.141. The molecule has 1 amide bonds. The topological polar surface area (TPSA) is 66.4 Å². The summed E-state index contributed by atoms with van der Waals surface area (Å²) in [7, 11) is 0. The van der Waals surface area contributed by atoms with Crippen LogP contribution in [0.15, 0.2) is 30.3 Å². The van der Waals surface area contributed by atoms with Crippen LogP contribution in [-0.4, -0.2) is 40.8 Å². The monoisotopic (exact) mass is 313 g/mol. The van der Waals surface area contributed by atoms with E-state index in [0.717, 1.165) is 11.3 Å². The van der Waals surface area contributed by atoms with Crippen LogP contribution in [0.1, 0.15) is 12.0 Å². The summed E-state index contributed by atoms with van der Waals surface area (Å²) in [6.45, 7) is 0. The number of amides is 1. The molecule has 0 heterocycles. The van der Waals surface area contributed by atoms with Crippen LogP contribution in [0, 0.1) is 0 Å². The standard InChI is InChI=1S/C14H19NO3S2/c1-19-8-7-12(14(17)18)15-13(16)10-20-9-11-5-3-2-4-6-11/h2-6,12H,7-10H2,1H3,(H,15,16)(H,17,18). The molecule has 0 saturated heterocycles. The quantitative estimate of drug-likeness (QED) is 0.732. The van der Waals surface area contributed by atoms with Gasteiger partial charge in [-0.3, -0.25) is 4.79 Å². The molecule has 1 aromatic carbocycles. The van der Waals surface area contributed by atoms with Crippen LogP contribution in [-0.2, 0) is 15.3 Å². The van der Waals surface area contributed by atoms with Gasteiger partial charge in [-0.1, -0.05) is 30.3 Å². The van der Waals surface area contributed by atoms with E-state index in [1.54, 1.807) is 11.8 Å². The second-order valence-corrected chi connectivity index (χ2v) is 6.19. The van der Waals surface area contributed by atoms with Gasteiger partial charge in [0.1, 0.15) is 6.04 Å². The highest BCUT2D eigenvalue weighted by atomic mass is 32.2. The third kappa shape index (κ3) is 6.86. The van der Waals surface area contributed by atoms with Crippen molar-refractivity contribution >= 4 is 35.4 Å². The first-order chi connectivity index (χ1) is 9.63. The van der Waals surface area contributed by atoms with Gasteiger partial charge in [-0.2, -0.15) is 11.8 Å². The van der Waals surface area contributed by atoms with Gasteiger partial charge in [0.05, 0.1) is 5.75 Å². The second kappa shape index (κ2) is 9.72. The minimum atomic E-state index is -0.972. The zero-order valence-corrected chi connectivity index (χ0v) is 13.0. The summed E-state index contributed by atoms with van der Waals surface area (Å²) in [4.78, 5) is 22.7. The van der Waals surface area contributed by atoms with Crippen molar-refractivity contribution in [2.24, 2.45) is 0 Å². The van der Waals surface area contributed by atoms with Gasteiger partial charge >= 0.3 is 5.97 Å². The molecule has 0 aliphatic heterocycles. The van der Waals surface area contributed by atoms with Gasteiger partial charge in [-0.25, -0.2) is 4.79 Å². The Balaban J connectivity index is 2.29. The highest BCUT2D eigenvalue weighted by Crippen LogP contribution is 2.11. The number of carbonyl (C=O) groups excluding carboxylic acids is 1. The van der Waals surface area contributed by atoms with Crippen LogP contribution in [0.3, 0.4) is 0 Å². The first-order valence-corrected chi connectivity index (χ1v) is 8.81. The number of carboxylic acid groups (broad SMARTS) is 1. The van der Waals surface area contributed by atoms with Gasteiger partial charge in [-0.05, 0) is 24.0 Å². The zero-order valence-electron chi connectivity index (χ0n) is 11.4. The van der Waals surface area contributed by atoms with Crippen molar-refractivity contribution in [3.63, 3.8) is 0 Å². The van der Waals surface area contributed by atoms with Crippen LogP contribution < -0.4 is 5.32 Å². The maximum absolute atomic E-state index is 11.7. The smallest absolute Gasteiger partial charge is 0.326 e. The number of carbonyl (C=O) groups is 2. The largest absolute Gasteiger partial charge is 0.480 e. The van der Waals surface area contributed by atoms with E-state index >= 15 is 0 Å². The SMILES string of the molecule is CSCCC(NC(=O)CSCc1ccccc1)C(=O)O. The van der Waals surface area contributed by atoms with E-state index < -0.39 is 12.0 Å². The molecule has 4 nitrogen and oxygen atoms in total. The molecule has 0 radical (unpaired) electrons. The van der Waals surface area contributed by atoms with Gasteiger partial charge in [0, 0.05) is 5.75 Å². The average molecular weight is 313 g/mol. The fourth-order valence-electron chi connectivity index (χ4n) is 1.56. The predicted octanol–water partition coefficient (Wildman–Crippen LogP) is 2.24. The van der Waals surface area contributed by atoms with Crippen LogP contribution in [0.5, 0.6) is 0 Å². The number of hydrogen-bond donors (Lipinski definition) is 2. The van der Waals surface area contributed by atoms with Crippen molar-refractivity contribution in [1.82, 2.24) is 5.32 Å². The summed E-state index contributed by atoms with van der Waals surface area (Å²) in [5, 5.41) is 11.6. The van der Waals surface area contributed by atoms with Crippen molar-refractivity contribution in [1.29, 1.82) is 0 Å². The van der Waals surface area contributed by atoms with E-state index in [1.165, 1.54) is 11.8 Å². The lowest BCUT2D eigenvalue weighted by Gasteiger charge is -2.13. The van der Waals surface area contributed by atoms with Crippen LogP contribution >= 0.6 is 23.5 Å². The number of hydrogen-bond acceptors (Lipinski definition) is 4. The second-order valence-electron chi connectivity index (χ2n) is 4.22. The van der Waals surface area contributed by atoms with Crippen LogP contribution in [0.25, 0.3) is 0 Å². The van der Waals surface area contributed by atoms with Crippen molar-refractivity contribution in [2.75, 3.05) is 17.8 Å². The van der Waals surface area contributed by atoms with Gasteiger partial charge in [0.2, 0.25) is 5.91 Å². The van der Waals surface area contributed by atoms with Crippen LogP contribution in [0.4, 0.5) is 0 Å². The van der Waals surface area contributed by atoms with E-state index in [-0.39, 0.29) is 11.7 Å². The molecular formula is C14H19NO3S2.